The molecule has 5 nitrogen and oxygen atoms in total. The molecule has 1 unspecified atom stereocenters. The molecule has 6 heteroatoms. The quantitative estimate of drug-likeness (QED) is 0.572. The Morgan fingerprint density at radius 2 is 1.58 bits per heavy atom. The molecule has 136 valence electrons. The van der Waals surface area contributed by atoms with E-state index in [0.717, 1.165) is 6.42 Å². The molecule has 0 radical (unpaired) electrons. The summed E-state index contributed by atoms with van der Waals surface area (Å²) < 4.78 is 5.22. The molecule has 0 aliphatic rings. The predicted molar refractivity (Wildman–Crippen MR) is 101 cm³/mol. The fraction of sp³-hybridized carbons (Fsp3) is 0.250. The van der Waals surface area contributed by atoms with Crippen LogP contribution < -0.4 is 5.32 Å². The number of ether oxygens (including phenoxy) is 1. The first-order valence-electron chi connectivity index (χ1n) is 8.31. The largest absolute Gasteiger partial charge is 0.451 e. The summed E-state index contributed by atoms with van der Waals surface area (Å²) in [6.07, 6.45) is 0.274. The zero-order valence-corrected chi connectivity index (χ0v) is 15.4. The fourth-order valence-corrected chi connectivity index (χ4v) is 2.40. The molecule has 0 aliphatic heterocycles. The van der Waals surface area contributed by atoms with Crippen LogP contribution in [0.2, 0.25) is 5.02 Å². The number of benzene rings is 2. The monoisotopic (exact) mass is 373 g/mol. The summed E-state index contributed by atoms with van der Waals surface area (Å²) >= 11 is 5.78. The van der Waals surface area contributed by atoms with Gasteiger partial charge < -0.3 is 10.1 Å². The molecule has 26 heavy (non-hydrogen) atoms. The van der Waals surface area contributed by atoms with Gasteiger partial charge in [0.1, 0.15) is 0 Å². The normalized spacial score (nSPS) is 11.5. The third-order valence-electron chi connectivity index (χ3n) is 3.66. The van der Waals surface area contributed by atoms with E-state index in [-0.39, 0.29) is 11.7 Å². The Bertz CT molecular complexity index is 784. The molecule has 1 N–H and O–H groups in total. The van der Waals surface area contributed by atoms with Gasteiger partial charge in [-0.3, -0.25) is 9.59 Å². The van der Waals surface area contributed by atoms with E-state index in [1.165, 1.54) is 19.1 Å². The lowest BCUT2D eigenvalue weighted by Crippen LogP contribution is -2.24. The van der Waals surface area contributed by atoms with Crippen LogP contribution in [0.3, 0.4) is 0 Å². The van der Waals surface area contributed by atoms with Crippen molar-refractivity contribution in [2.24, 2.45) is 0 Å². The summed E-state index contributed by atoms with van der Waals surface area (Å²) in [6.45, 7) is 3.45. The Morgan fingerprint density at radius 1 is 1.00 bits per heavy atom. The average Bonchev–Trinajstić information content (AvgIpc) is 2.62. The first-order valence-corrected chi connectivity index (χ1v) is 8.69. The van der Waals surface area contributed by atoms with Gasteiger partial charge in [-0.25, -0.2) is 4.79 Å². The standard InChI is InChI=1S/C20H20ClNO4/c1-3-4-18(23)22-17-11-7-14(8-12-17)19(24)13(2)26-20(25)15-5-9-16(21)10-6-15/h5-13H,3-4H2,1-2H3,(H,22,23). The lowest BCUT2D eigenvalue weighted by Gasteiger charge is -2.13. The smallest absolute Gasteiger partial charge is 0.338 e. The number of rotatable bonds is 7. The van der Waals surface area contributed by atoms with Crippen LogP contribution in [-0.4, -0.2) is 23.8 Å². The fourth-order valence-electron chi connectivity index (χ4n) is 2.27. The highest BCUT2D eigenvalue weighted by Crippen LogP contribution is 2.15. The van der Waals surface area contributed by atoms with E-state index >= 15 is 0 Å². The van der Waals surface area contributed by atoms with Gasteiger partial charge in [0.15, 0.2) is 6.10 Å². The van der Waals surface area contributed by atoms with Gasteiger partial charge in [0.2, 0.25) is 11.7 Å². The predicted octanol–water partition coefficient (Wildman–Crippen LogP) is 4.51. The number of hydrogen-bond acceptors (Lipinski definition) is 4. The van der Waals surface area contributed by atoms with Crippen LogP contribution >= 0.6 is 11.6 Å². The van der Waals surface area contributed by atoms with Gasteiger partial charge in [-0.2, -0.15) is 0 Å². The van der Waals surface area contributed by atoms with Crippen LogP contribution in [0.25, 0.3) is 0 Å². The summed E-state index contributed by atoms with van der Waals surface area (Å²) in [5.41, 5.74) is 1.34. The van der Waals surface area contributed by atoms with Gasteiger partial charge in [0.25, 0.3) is 0 Å². The van der Waals surface area contributed by atoms with Crippen LogP contribution in [0.4, 0.5) is 5.69 Å². The number of halogens is 1. The Balaban J connectivity index is 1.98. The maximum atomic E-state index is 12.4. The van der Waals surface area contributed by atoms with Crippen LogP contribution in [0.15, 0.2) is 48.5 Å². The maximum Gasteiger partial charge on any atom is 0.338 e. The van der Waals surface area contributed by atoms with E-state index in [0.29, 0.717) is 28.3 Å². The number of esters is 1. The Kier molecular flexibility index (Phi) is 6.92. The van der Waals surface area contributed by atoms with Gasteiger partial charge >= 0.3 is 5.97 Å². The van der Waals surface area contributed by atoms with Crippen molar-refractivity contribution in [3.05, 3.63) is 64.7 Å². The molecule has 0 heterocycles. The third-order valence-corrected chi connectivity index (χ3v) is 3.92. The molecule has 0 bridgehead atoms. The van der Waals surface area contributed by atoms with Gasteiger partial charge in [-0.1, -0.05) is 18.5 Å². The first kappa shape index (κ1) is 19.7. The van der Waals surface area contributed by atoms with Crippen LogP contribution in [0.1, 0.15) is 47.4 Å². The van der Waals surface area contributed by atoms with E-state index in [4.69, 9.17) is 16.3 Å². The number of amides is 1. The Labute approximate surface area is 157 Å². The van der Waals surface area contributed by atoms with Crippen molar-refractivity contribution < 1.29 is 19.1 Å². The van der Waals surface area contributed by atoms with Crippen molar-refractivity contribution in [1.29, 1.82) is 0 Å². The minimum absolute atomic E-state index is 0.0724. The molecule has 2 aromatic rings. The second-order valence-electron chi connectivity index (χ2n) is 5.79. The summed E-state index contributed by atoms with van der Waals surface area (Å²) in [7, 11) is 0. The molecular formula is C20H20ClNO4. The number of ketones is 1. The Morgan fingerprint density at radius 3 is 2.15 bits per heavy atom. The van der Waals surface area contributed by atoms with Crippen molar-refractivity contribution >= 4 is 34.9 Å². The zero-order chi connectivity index (χ0) is 19.1. The van der Waals surface area contributed by atoms with Gasteiger partial charge in [-0.15, -0.1) is 0 Å². The van der Waals surface area contributed by atoms with Crippen molar-refractivity contribution in [1.82, 2.24) is 0 Å². The van der Waals surface area contributed by atoms with Crippen molar-refractivity contribution in [2.75, 3.05) is 5.32 Å². The number of anilines is 1. The van der Waals surface area contributed by atoms with E-state index in [2.05, 4.69) is 5.32 Å². The molecule has 0 aliphatic carbocycles. The number of hydrogen-bond donors (Lipinski definition) is 1. The second kappa shape index (κ2) is 9.15. The summed E-state index contributed by atoms with van der Waals surface area (Å²) in [6, 6.07) is 12.7. The summed E-state index contributed by atoms with van der Waals surface area (Å²) in [4.78, 5) is 36.1. The number of carbonyl (C=O) groups is 3. The molecule has 0 saturated carbocycles. The molecule has 0 spiro atoms. The molecule has 1 amide bonds. The molecule has 0 saturated heterocycles. The number of carbonyl (C=O) groups excluding carboxylic acids is 3. The maximum absolute atomic E-state index is 12.4. The average molecular weight is 374 g/mol. The highest BCUT2D eigenvalue weighted by atomic mass is 35.5. The van der Waals surface area contributed by atoms with E-state index in [1.54, 1.807) is 36.4 Å². The molecule has 2 rings (SSSR count). The molecule has 1 atom stereocenters. The molecule has 2 aromatic carbocycles. The topological polar surface area (TPSA) is 72.5 Å². The van der Waals surface area contributed by atoms with Crippen LogP contribution in [0.5, 0.6) is 0 Å². The van der Waals surface area contributed by atoms with E-state index in [1.807, 2.05) is 6.92 Å². The van der Waals surface area contributed by atoms with Gasteiger partial charge in [0.05, 0.1) is 5.56 Å². The minimum Gasteiger partial charge on any atom is -0.451 e. The van der Waals surface area contributed by atoms with Gasteiger partial charge in [0, 0.05) is 22.7 Å². The first-order chi connectivity index (χ1) is 12.4. The third kappa shape index (κ3) is 5.43. The van der Waals surface area contributed by atoms with Crippen LogP contribution in [0, 0.1) is 0 Å². The number of Topliss-reactive ketones (excluding diaryl/α,β-unsaturated/α-hetero) is 1. The van der Waals surface area contributed by atoms with Gasteiger partial charge in [-0.05, 0) is 61.9 Å². The van der Waals surface area contributed by atoms with E-state index in [9.17, 15) is 14.4 Å². The highest BCUT2D eigenvalue weighted by Gasteiger charge is 2.20. The molecule has 0 fully saturated rings. The van der Waals surface area contributed by atoms with Crippen LogP contribution in [-0.2, 0) is 9.53 Å². The van der Waals surface area contributed by atoms with Crippen molar-refractivity contribution in [2.45, 2.75) is 32.8 Å². The minimum atomic E-state index is -0.932. The number of nitrogens with one attached hydrogen (secondary N) is 1. The highest BCUT2D eigenvalue weighted by molar-refractivity contribution is 6.30. The van der Waals surface area contributed by atoms with Crippen molar-refractivity contribution in [3.63, 3.8) is 0 Å². The van der Waals surface area contributed by atoms with E-state index < -0.39 is 12.1 Å². The summed E-state index contributed by atoms with van der Waals surface area (Å²) in [5, 5.41) is 3.26. The Hall–Kier alpha value is -2.66. The lowest BCUT2D eigenvalue weighted by molar-refractivity contribution is -0.116. The SMILES string of the molecule is CCCC(=O)Nc1ccc(C(=O)C(C)OC(=O)c2ccc(Cl)cc2)cc1. The zero-order valence-electron chi connectivity index (χ0n) is 14.6. The summed E-state index contributed by atoms with van der Waals surface area (Å²) in [5.74, 6) is -0.985. The molecule has 0 aromatic heterocycles. The van der Waals surface area contributed by atoms with Crippen molar-refractivity contribution in [3.8, 4) is 0 Å². The second-order valence-corrected chi connectivity index (χ2v) is 6.23. The lowest BCUT2D eigenvalue weighted by atomic mass is 10.1. The molecular weight excluding hydrogens is 354 g/mol.